The molecule has 0 spiro atoms. The minimum Gasteiger partial charge on any atom is -0.394 e. The van der Waals surface area contributed by atoms with Crippen LogP contribution in [0.5, 0.6) is 0 Å². The average Bonchev–Trinajstić information content (AvgIpc) is 2.51. The molecule has 0 aliphatic rings. The van der Waals surface area contributed by atoms with Crippen LogP contribution in [0, 0.1) is 10.1 Å². The lowest BCUT2D eigenvalue weighted by Gasteiger charge is -2.22. The van der Waals surface area contributed by atoms with Crippen molar-refractivity contribution in [3.05, 3.63) is 32.8 Å². The predicted octanol–water partition coefficient (Wildman–Crippen LogP) is 0.298. The van der Waals surface area contributed by atoms with E-state index in [2.05, 4.69) is 5.32 Å². The highest BCUT2D eigenvalue weighted by Crippen LogP contribution is 2.31. The number of nitro benzene ring substituents is 1. The number of aryl methyl sites for hydroxylation is 1. The highest BCUT2D eigenvalue weighted by atomic mass is 35.5. The third-order valence-electron chi connectivity index (χ3n) is 3.22. The summed E-state index contributed by atoms with van der Waals surface area (Å²) in [6.45, 7) is 0.885. The van der Waals surface area contributed by atoms with Gasteiger partial charge in [-0.1, -0.05) is 18.5 Å². The standard InChI is InChI=1S/C13H19ClN2O6/c1-2-7-3-9(10(16(21)22)4-8(7)14)15-5-11(18)13(20)12(19)6-17/h3-4,11-13,15,17-20H,2,5-6H2,1H3/t11-,12-,13-/m0/s1. The van der Waals surface area contributed by atoms with E-state index in [1.807, 2.05) is 6.92 Å². The summed E-state index contributed by atoms with van der Waals surface area (Å²) >= 11 is 5.94. The van der Waals surface area contributed by atoms with Crippen molar-refractivity contribution < 1.29 is 25.3 Å². The van der Waals surface area contributed by atoms with Crippen molar-refractivity contribution in [1.82, 2.24) is 0 Å². The molecule has 1 aromatic carbocycles. The van der Waals surface area contributed by atoms with Crippen molar-refractivity contribution in [2.75, 3.05) is 18.5 Å². The molecule has 0 saturated heterocycles. The highest BCUT2D eigenvalue weighted by Gasteiger charge is 2.25. The monoisotopic (exact) mass is 334 g/mol. The Balaban J connectivity index is 2.90. The Bertz CT molecular complexity index is 527. The van der Waals surface area contributed by atoms with Crippen LogP contribution in [0.15, 0.2) is 12.1 Å². The van der Waals surface area contributed by atoms with Gasteiger partial charge in [0.25, 0.3) is 5.69 Å². The SMILES string of the molecule is CCc1cc(NC[C@H](O)[C@H](O)[C@@H](O)CO)c([N+](=O)[O-])cc1Cl. The maximum absolute atomic E-state index is 11.0. The number of rotatable bonds is 8. The van der Waals surface area contributed by atoms with Gasteiger partial charge >= 0.3 is 0 Å². The van der Waals surface area contributed by atoms with E-state index >= 15 is 0 Å². The largest absolute Gasteiger partial charge is 0.394 e. The van der Waals surface area contributed by atoms with Crippen LogP contribution in [0.4, 0.5) is 11.4 Å². The van der Waals surface area contributed by atoms with Gasteiger partial charge in [-0.05, 0) is 18.1 Å². The van der Waals surface area contributed by atoms with Crippen molar-refractivity contribution in [2.24, 2.45) is 0 Å². The Morgan fingerprint density at radius 3 is 2.45 bits per heavy atom. The lowest BCUT2D eigenvalue weighted by Crippen LogP contribution is -2.42. The van der Waals surface area contributed by atoms with Gasteiger partial charge in [-0.3, -0.25) is 10.1 Å². The number of nitrogens with one attached hydrogen (secondary N) is 1. The summed E-state index contributed by atoms with van der Waals surface area (Å²) in [5.41, 5.74) is 0.586. The molecule has 8 nitrogen and oxygen atoms in total. The molecule has 0 aromatic heterocycles. The fraction of sp³-hybridized carbons (Fsp3) is 0.538. The molecular formula is C13H19ClN2O6. The lowest BCUT2D eigenvalue weighted by molar-refractivity contribution is -0.384. The summed E-state index contributed by atoms with van der Waals surface area (Å²) in [5, 5.41) is 51.2. The molecule has 1 aromatic rings. The zero-order chi connectivity index (χ0) is 16.9. The molecule has 0 aliphatic carbocycles. The minimum atomic E-state index is -1.57. The number of nitro groups is 1. The summed E-state index contributed by atoms with van der Waals surface area (Å²) in [6.07, 6.45) is -3.92. The van der Waals surface area contributed by atoms with Gasteiger partial charge in [0.2, 0.25) is 0 Å². The number of nitrogens with zero attached hydrogens (tertiary/aromatic N) is 1. The maximum Gasteiger partial charge on any atom is 0.293 e. The third kappa shape index (κ3) is 4.52. The summed E-state index contributed by atoms with van der Waals surface area (Å²) in [7, 11) is 0. The molecule has 0 heterocycles. The summed E-state index contributed by atoms with van der Waals surface area (Å²) in [4.78, 5) is 10.4. The van der Waals surface area contributed by atoms with Gasteiger partial charge in [0.15, 0.2) is 0 Å². The zero-order valence-corrected chi connectivity index (χ0v) is 12.7. The molecule has 5 N–H and O–H groups in total. The van der Waals surface area contributed by atoms with E-state index in [1.54, 1.807) is 0 Å². The van der Waals surface area contributed by atoms with E-state index in [1.165, 1.54) is 12.1 Å². The number of aliphatic hydroxyl groups is 4. The first kappa shape index (κ1) is 18.6. The minimum absolute atomic E-state index is 0.149. The van der Waals surface area contributed by atoms with Gasteiger partial charge in [-0.2, -0.15) is 0 Å². The van der Waals surface area contributed by atoms with Crippen molar-refractivity contribution in [1.29, 1.82) is 0 Å². The quantitative estimate of drug-likeness (QED) is 0.340. The topological polar surface area (TPSA) is 136 Å². The van der Waals surface area contributed by atoms with Crippen molar-refractivity contribution in [3.8, 4) is 0 Å². The van der Waals surface area contributed by atoms with E-state index in [0.717, 1.165) is 0 Å². The van der Waals surface area contributed by atoms with Gasteiger partial charge < -0.3 is 25.7 Å². The van der Waals surface area contributed by atoms with E-state index in [9.17, 15) is 25.4 Å². The van der Waals surface area contributed by atoms with E-state index in [4.69, 9.17) is 16.7 Å². The second-order valence-electron chi connectivity index (χ2n) is 4.76. The normalized spacial score (nSPS) is 15.2. The van der Waals surface area contributed by atoms with Gasteiger partial charge in [0.05, 0.1) is 22.7 Å². The summed E-state index contributed by atoms with van der Waals surface area (Å²) in [5.74, 6) is 0. The third-order valence-corrected chi connectivity index (χ3v) is 3.57. The fourth-order valence-corrected chi connectivity index (χ4v) is 2.16. The molecular weight excluding hydrogens is 316 g/mol. The van der Waals surface area contributed by atoms with Crippen LogP contribution >= 0.6 is 11.6 Å². The molecule has 0 amide bonds. The highest BCUT2D eigenvalue weighted by molar-refractivity contribution is 6.31. The molecule has 0 aliphatic heterocycles. The first-order valence-corrected chi connectivity index (χ1v) is 7.05. The van der Waals surface area contributed by atoms with E-state index in [0.29, 0.717) is 12.0 Å². The maximum atomic E-state index is 11.0. The van der Waals surface area contributed by atoms with Crippen LogP contribution < -0.4 is 5.32 Å². The molecule has 1 rings (SSSR count). The van der Waals surface area contributed by atoms with Crippen LogP contribution in [0.3, 0.4) is 0 Å². The number of hydrogen-bond acceptors (Lipinski definition) is 7. The van der Waals surface area contributed by atoms with E-state index < -0.39 is 29.8 Å². The van der Waals surface area contributed by atoms with Crippen LogP contribution in [0.2, 0.25) is 5.02 Å². The number of hydrogen-bond donors (Lipinski definition) is 5. The van der Waals surface area contributed by atoms with Gasteiger partial charge in [-0.15, -0.1) is 0 Å². The Morgan fingerprint density at radius 1 is 1.32 bits per heavy atom. The first-order chi connectivity index (χ1) is 10.3. The molecule has 0 bridgehead atoms. The van der Waals surface area contributed by atoms with Gasteiger partial charge in [0.1, 0.15) is 17.9 Å². The molecule has 0 unspecified atom stereocenters. The van der Waals surface area contributed by atoms with Crippen LogP contribution in [0.25, 0.3) is 0 Å². The molecule has 0 fully saturated rings. The van der Waals surface area contributed by atoms with Crippen molar-refractivity contribution in [3.63, 3.8) is 0 Å². The Kier molecular flexibility index (Phi) is 6.98. The molecule has 3 atom stereocenters. The second kappa shape index (κ2) is 8.25. The Labute approximate surface area is 132 Å². The Morgan fingerprint density at radius 2 is 1.95 bits per heavy atom. The number of benzene rings is 1. The van der Waals surface area contributed by atoms with Crippen LogP contribution in [-0.2, 0) is 6.42 Å². The van der Waals surface area contributed by atoms with Crippen LogP contribution in [0.1, 0.15) is 12.5 Å². The smallest absolute Gasteiger partial charge is 0.293 e. The number of halogens is 1. The summed E-state index contributed by atoms with van der Waals surface area (Å²) in [6, 6.07) is 2.72. The molecule has 0 radical (unpaired) electrons. The second-order valence-corrected chi connectivity index (χ2v) is 5.17. The Hall–Kier alpha value is -1.45. The molecule has 0 saturated carbocycles. The average molecular weight is 335 g/mol. The van der Waals surface area contributed by atoms with Crippen molar-refractivity contribution >= 4 is 23.0 Å². The molecule has 9 heteroatoms. The number of aliphatic hydroxyl groups excluding tert-OH is 4. The van der Waals surface area contributed by atoms with Crippen molar-refractivity contribution in [2.45, 2.75) is 31.7 Å². The fourth-order valence-electron chi connectivity index (χ4n) is 1.87. The van der Waals surface area contributed by atoms with Gasteiger partial charge in [-0.25, -0.2) is 0 Å². The molecule has 124 valence electrons. The van der Waals surface area contributed by atoms with Gasteiger partial charge in [0, 0.05) is 12.6 Å². The predicted molar refractivity (Wildman–Crippen MR) is 81.1 cm³/mol. The van der Waals surface area contributed by atoms with Crippen LogP contribution in [-0.4, -0.2) is 56.8 Å². The lowest BCUT2D eigenvalue weighted by atomic mass is 10.1. The summed E-state index contributed by atoms with van der Waals surface area (Å²) < 4.78 is 0. The first-order valence-electron chi connectivity index (χ1n) is 6.67. The molecule has 22 heavy (non-hydrogen) atoms. The van der Waals surface area contributed by atoms with E-state index in [-0.39, 0.29) is 22.9 Å². The number of anilines is 1. The zero-order valence-electron chi connectivity index (χ0n) is 11.9.